The number of carbonyl (C=O) groups excluding carboxylic acids is 1. The van der Waals surface area contributed by atoms with E-state index in [1.807, 2.05) is 29.9 Å². The van der Waals surface area contributed by atoms with Crippen molar-refractivity contribution >= 4 is 17.2 Å². The number of ether oxygens (including phenoxy) is 1. The summed E-state index contributed by atoms with van der Waals surface area (Å²) >= 11 is 1.57. The van der Waals surface area contributed by atoms with Crippen LogP contribution >= 0.6 is 11.3 Å². The molecule has 1 fully saturated rings. The number of aliphatic hydroxyl groups excluding tert-OH is 1. The molecule has 2 N–H and O–H groups in total. The predicted octanol–water partition coefficient (Wildman–Crippen LogP) is 2.30. The van der Waals surface area contributed by atoms with E-state index in [-0.39, 0.29) is 11.9 Å². The van der Waals surface area contributed by atoms with Crippen LogP contribution in [0, 0.1) is 0 Å². The quantitative estimate of drug-likeness (QED) is 0.777. The monoisotopic (exact) mass is 375 g/mol. The fourth-order valence-corrected chi connectivity index (χ4v) is 3.64. The summed E-state index contributed by atoms with van der Waals surface area (Å²) in [5, 5.41) is 15.5. The highest BCUT2D eigenvalue weighted by Gasteiger charge is 2.29. The number of nitrogens with one attached hydrogen (secondary N) is 1. The van der Waals surface area contributed by atoms with E-state index in [4.69, 9.17) is 4.74 Å². The molecule has 0 unspecified atom stereocenters. The molecule has 1 aliphatic heterocycles. The first-order valence-electron chi connectivity index (χ1n) is 8.97. The zero-order valence-corrected chi connectivity index (χ0v) is 15.7. The lowest BCUT2D eigenvalue weighted by atomic mass is 10.0. The molecule has 6 nitrogen and oxygen atoms in total. The molecule has 3 rings (SSSR count). The Morgan fingerprint density at radius 1 is 1.46 bits per heavy atom. The van der Waals surface area contributed by atoms with E-state index in [0.29, 0.717) is 30.9 Å². The summed E-state index contributed by atoms with van der Waals surface area (Å²) in [7, 11) is 0. The van der Waals surface area contributed by atoms with Crippen molar-refractivity contribution in [1.82, 2.24) is 15.2 Å². The number of thiazole rings is 1. The molecular weight excluding hydrogens is 350 g/mol. The summed E-state index contributed by atoms with van der Waals surface area (Å²) in [5.41, 5.74) is 3.35. The van der Waals surface area contributed by atoms with Gasteiger partial charge in [0, 0.05) is 25.0 Å². The van der Waals surface area contributed by atoms with E-state index < -0.39 is 6.10 Å². The number of aromatic nitrogens is 1. The van der Waals surface area contributed by atoms with E-state index >= 15 is 0 Å². The number of β-amino-alcohol motifs (C(OH)–C–C–N with tert-alkyl or cyclic N) is 1. The highest BCUT2D eigenvalue weighted by Crippen LogP contribution is 2.20. The summed E-state index contributed by atoms with van der Waals surface area (Å²) in [6.45, 7) is 4.67. The number of hydrogen-bond acceptors (Lipinski definition) is 6. The van der Waals surface area contributed by atoms with Crippen molar-refractivity contribution in [2.45, 2.75) is 38.5 Å². The van der Waals surface area contributed by atoms with Gasteiger partial charge >= 0.3 is 0 Å². The van der Waals surface area contributed by atoms with Gasteiger partial charge in [-0.15, -0.1) is 11.3 Å². The Kier molecular flexibility index (Phi) is 6.60. The minimum Gasteiger partial charge on any atom is -0.493 e. The summed E-state index contributed by atoms with van der Waals surface area (Å²) in [6, 6.07) is 6.98. The third kappa shape index (κ3) is 4.81. The van der Waals surface area contributed by atoms with E-state index in [0.717, 1.165) is 25.2 Å². The second kappa shape index (κ2) is 9.12. The van der Waals surface area contributed by atoms with Gasteiger partial charge in [0.05, 0.1) is 35.5 Å². The molecule has 0 radical (unpaired) electrons. The van der Waals surface area contributed by atoms with Crippen molar-refractivity contribution in [3.63, 3.8) is 0 Å². The maximum atomic E-state index is 12.7. The molecule has 1 aliphatic rings. The van der Waals surface area contributed by atoms with Gasteiger partial charge in [-0.2, -0.15) is 0 Å². The van der Waals surface area contributed by atoms with Gasteiger partial charge in [0.25, 0.3) is 5.91 Å². The molecule has 2 atom stereocenters. The Morgan fingerprint density at radius 3 is 3.04 bits per heavy atom. The zero-order valence-electron chi connectivity index (χ0n) is 14.9. The summed E-state index contributed by atoms with van der Waals surface area (Å²) < 4.78 is 5.66. The van der Waals surface area contributed by atoms with Gasteiger partial charge < -0.3 is 15.2 Å². The number of hydrogen-bond donors (Lipinski definition) is 2. The van der Waals surface area contributed by atoms with Gasteiger partial charge in [-0.05, 0) is 25.0 Å². The van der Waals surface area contributed by atoms with Crippen LogP contribution in [0.3, 0.4) is 0 Å². The van der Waals surface area contributed by atoms with Crippen molar-refractivity contribution in [3.8, 4) is 5.75 Å². The van der Waals surface area contributed by atoms with Crippen LogP contribution in [0.1, 0.15) is 35.8 Å². The number of nitrogens with zero attached hydrogens (tertiary/aromatic N) is 2. The Hall–Kier alpha value is -1.96. The third-order valence-corrected chi connectivity index (χ3v) is 5.08. The van der Waals surface area contributed by atoms with Gasteiger partial charge in [-0.1, -0.05) is 19.1 Å². The van der Waals surface area contributed by atoms with Gasteiger partial charge in [-0.25, -0.2) is 4.98 Å². The second-order valence-corrected chi connectivity index (χ2v) is 7.21. The smallest absolute Gasteiger partial charge is 0.255 e. The number of carbonyl (C=O) groups is 1. The molecule has 0 saturated carbocycles. The molecular formula is C19H25N3O3S. The van der Waals surface area contributed by atoms with Crippen LogP contribution in [0.25, 0.3) is 0 Å². The van der Waals surface area contributed by atoms with Gasteiger partial charge in [-0.3, -0.25) is 9.69 Å². The van der Waals surface area contributed by atoms with E-state index in [9.17, 15) is 9.90 Å². The maximum absolute atomic E-state index is 12.7. The summed E-state index contributed by atoms with van der Waals surface area (Å²) in [6.07, 6.45) is 0.983. The van der Waals surface area contributed by atoms with Crippen molar-refractivity contribution < 1.29 is 14.6 Å². The summed E-state index contributed by atoms with van der Waals surface area (Å²) in [4.78, 5) is 19.1. The highest BCUT2D eigenvalue weighted by atomic mass is 32.1. The molecule has 0 bridgehead atoms. The normalized spacial score (nSPS) is 20.7. The van der Waals surface area contributed by atoms with Gasteiger partial charge in [0.15, 0.2) is 0 Å². The van der Waals surface area contributed by atoms with Crippen LogP contribution in [0.5, 0.6) is 5.75 Å². The number of rotatable bonds is 7. The molecule has 0 aliphatic carbocycles. The van der Waals surface area contributed by atoms with Crippen molar-refractivity contribution in [3.05, 3.63) is 46.4 Å². The van der Waals surface area contributed by atoms with Crippen LogP contribution in [0.15, 0.2) is 35.2 Å². The fourth-order valence-electron chi connectivity index (χ4n) is 3.09. The molecule has 0 spiro atoms. The number of piperidine rings is 1. The first-order valence-corrected chi connectivity index (χ1v) is 9.92. The predicted molar refractivity (Wildman–Crippen MR) is 101 cm³/mol. The standard InChI is InChI=1S/C19H25N3O3S/c1-2-9-25-18-6-4-3-5-15(18)19(24)21-16-7-8-22(11-17(16)23)10-14-12-26-13-20-14/h3-6,12-13,16-17,23H,2,7-11H2,1H3,(H,21,24)/t16-,17-/m1/s1. The number of para-hydroxylation sites is 1. The minimum atomic E-state index is -0.602. The molecule has 26 heavy (non-hydrogen) atoms. The first kappa shape index (κ1) is 18.8. The zero-order chi connectivity index (χ0) is 18.4. The Bertz CT molecular complexity index is 708. The first-order chi connectivity index (χ1) is 12.7. The number of likely N-dealkylation sites (tertiary alicyclic amines) is 1. The van der Waals surface area contributed by atoms with Gasteiger partial charge in [0.2, 0.25) is 0 Å². The van der Waals surface area contributed by atoms with Crippen LogP contribution in [-0.2, 0) is 6.54 Å². The Balaban J connectivity index is 1.57. The van der Waals surface area contributed by atoms with E-state index in [2.05, 4.69) is 15.2 Å². The molecule has 140 valence electrons. The van der Waals surface area contributed by atoms with Crippen molar-refractivity contribution in [2.75, 3.05) is 19.7 Å². The molecule has 1 saturated heterocycles. The maximum Gasteiger partial charge on any atom is 0.255 e. The lowest BCUT2D eigenvalue weighted by molar-refractivity contribution is 0.0345. The molecule has 1 amide bonds. The third-order valence-electron chi connectivity index (χ3n) is 4.44. The second-order valence-electron chi connectivity index (χ2n) is 6.50. The average Bonchev–Trinajstić information content (AvgIpc) is 3.15. The molecule has 2 heterocycles. The topological polar surface area (TPSA) is 74.7 Å². The van der Waals surface area contributed by atoms with Crippen LogP contribution < -0.4 is 10.1 Å². The molecule has 1 aromatic heterocycles. The van der Waals surface area contributed by atoms with Crippen LogP contribution in [0.2, 0.25) is 0 Å². The molecule has 2 aromatic rings. The Labute approximate surface area is 157 Å². The average molecular weight is 375 g/mol. The number of amides is 1. The largest absolute Gasteiger partial charge is 0.493 e. The van der Waals surface area contributed by atoms with Crippen LogP contribution in [0.4, 0.5) is 0 Å². The van der Waals surface area contributed by atoms with Crippen molar-refractivity contribution in [2.24, 2.45) is 0 Å². The fraction of sp³-hybridized carbons (Fsp3) is 0.474. The molecule has 1 aromatic carbocycles. The van der Waals surface area contributed by atoms with Crippen molar-refractivity contribution in [1.29, 1.82) is 0 Å². The lowest BCUT2D eigenvalue weighted by Crippen LogP contribution is -2.53. The molecule has 7 heteroatoms. The van der Waals surface area contributed by atoms with E-state index in [1.165, 1.54) is 0 Å². The Morgan fingerprint density at radius 2 is 2.31 bits per heavy atom. The number of aliphatic hydroxyl groups is 1. The highest BCUT2D eigenvalue weighted by molar-refractivity contribution is 7.07. The summed E-state index contributed by atoms with van der Waals surface area (Å²) in [5.74, 6) is 0.385. The lowest BCUT2D eigenvalue weighted by Gasteiger charge is -2.36. The minimum absolute atomic E-state index is 0.200. The SMILES string of the molecule is CCCOc1ccccc1C(=O)N[C@@H]1CCN(Cc2cscn2)C[C@H]1O. The van der Waals surface area contributed by atoms with Gasteiger partial charge in [0.1, 0.15) is 5.75 Å². The van der Waals surface area contributed by atoms with E-state index in [1.54, 1.807) is 23.5 Å². The number of benzene rings is 1. The van der Waals surface area contributed by atoms with Crippen LogP contribution in [-0.4, -0.2) is 52.7 Å².